The van der Waals surface area contributed by atoms with Gasteiger partial charge in [0, 0.05) is 18.1 Å². The Morgan fingerprint density at radius 1 is 0.902 bits per heavy atom. The third-order valence-electron chi connectivity index (χ3n) is 6.86. The van der Waals surface area contributed by atoms with Crippen molar-refractivity contribution >= 4 is 39.1 Å². The fourth-order valence-corrected chi connectivity index (χ4v) is 6.19. The molecule has 0 fully saturated rings. The van der Waals surface area contributed by atoms with Crippen molar-refractivity contribution in [3.8, 4) is 0 Å². The summed E-state index contributed by atoms with van der Waals surface area (Å²) in [6.45, 7) is 11.6. The van der Waals surface area contributed by atoms with E-state index in [9.17, 15) is 18.0 Å². The second-order valence-electron chi connectivity index (χ2n) is 10.8. The Labute approximate surface area is 249 Å². The molecule has 0 heterocycles. The van der Waals surface area contributed by atoms with E-state index < -0.39 is 28.5 Å². The van der Waals surface area contributed by atoms with Crippen LogP contribution in [0.5, 0.6) is 0 Å². The highest BCUT2D eigenvalue weighted by molar-refractivity contribution is 7.92. The number of halogens is 1. The van der Waals surface area contributed by atoms with Gasteiger partial charge in [0.25, 0.3) is 10.0 Å². The number of nitrogens with zero attached hydrogens (tertiary/aromatic N) is 2. The molecule has 0 saturated carbocycles. The van der Waals surface area contributed by atoms with Gasteiger partial charge in [-0.15, -0.1) is 0 Å². The zero-order chi connectivity index (χ0) is 30.3. The van der Waals surface area contributed by atoms with Crippen molar-refractivity contribution in [2.45, 2.75) is 65.4 Å². The van der Waals surface area contributed by atoms with E-state index in [1.54, 1.807) is 37.3 Å². The van der Waals surface area contributed by atoms with E-state index in [2.05, 4.69) is 5.32 Å². The summed E-state index contributed by atoms with van der Waals surface area (Å²) in [5.74, 6) is -0.514. The number of rotatable bonds is 12. The first-order chi connectivity index (χ1) is 19.3. The van der Waals surface area contributed by atoms with Crippen LogP contribution in [0, 0.1) is 26.7 Å². The summed E-state index contributed by atoms with van der Waals surface area (Å²) >= 11 is 6.19. The highest BCUT2D eigenvalue weighted by Crippen LogP contribution is 2.29. The van der Waals surface area contributed by atoms with Crippen LogP contribution in [0.2, 0.25) is 5.02 Å². The summed E-state index contributed by atoms with van der Waals surface area (Å²) in [5, 5.41) is 3.40. The molecule has 1 atom stereocenters. The van der Waals surface area contributed by atoms with Gasteiger partial charge in [0.1, 0.15) is 12.6 Å². The largest absolute Gasteiger partial charge is 0.354 e. The van der Waals surface area contributed by atoms with Gasteiger partial charge in [-0.05, 0) is 74.6 Å². The summed E-state index contributed by atoms with van der Waals surface area (Å²) < 4.78 is 29.2. The monoisotopic (exact) mass is 597 g/mol. The normalized spacial score (nSPS) is 12.2. The number of sulfonamides is 1. The molecule has 0 bridgehead atoms. The number of nitrogens with one attached hydrogen (secondary N) is 1. The van der Waals surface area contributed by atoms with Crippen molar-refractivity contribution in [1.29, 1.82) is 0 Å². The number of hydrogen-bond acceptors (Lipinski definition) is 4. The van der Waals surface area contributed by atoms with E-state index in [1.165, 1.54) is 17.0 Å². The topological polar surface area (TPSA) is 86.8 Å². The van der Waals surface area contributed by atoms with Crippen LogP contribution in [0.4, 0.5) is 5.69 Å². The molecular formula is C32H40ClN3O4S. The van der Waals surface area contributed by atoms with Crippen molar-refractivity contribution in [2.75, 3.05) is 17.4 Å². The third kappa shape index (κ3) is 8.33. The van der Waals surface area contributed by atoms with Crippen LogP contribution in [-0.4, -0.2) is 44.3 Å². The van der Waals surface area contributed by atoms with E-state index in [4.69, 9.17) is 11.6 Å². The van der Waals surface area contributed by atoms with E-state index in [0.717, 1.165) is 21.0 Å². The molecule has 3 aromatic carbocycles. The molecule has 3 rings (SSSR count). The molecule has 0 aromatic heterocycles. The fourth-order valence-electron chi connectivity index (χ4n) is 4.48. The molecule has 220 valence electrons. The van der Waals surface area contributed by atoms with Crippen LogP contribution < -0.4 is 9.62 Å². The van der Waals surface area contributed by atoms with Crippen LogP contribution in [0.25, 0.3) is 0 Å². The smallest absolute Gasteiger partial charge is 0.264 e. The first kappa shape index (κ1) is 32.2. The predicted molar refractivity (Wildman–Crippen MR) is 166 cm³/mol. The average molecular weight is 598 g/mol. The number of amides is 2. The molecule has 7 nitrogen and oxygen atoms in total. The molecule has 0 aliphatic heterocycles. The number of carbonyl (C=O) groups is 2. The zero-order valence-electron chi connectivity index (χ0n) is 24.6. The quantitative estimate of drug-likeness (QED) is 0.276. The highest BCUT2D eigenvalue weighted by Gasteiger charge is 2.34. The molecule has 1 unspecified atom stereocenters. The molecule has 0 aliphatic rings. The Hall–Kier alpha value is -3.36. The Kier molecular flexibility index (Phi) is 11.0. The maximum Gasteiger partial charge on any atom is 0.264 e. The van der Waals surface area contributed by atoms with Gasteiger partial charge in [0.15, 0.2) is 0 Å². The second kappa shape index (κ2) is 14.0. The van der Waals surface area contributed by atoms with E-state index in [-0.39, 0.29) is 23.3 Å². The standard InChI is InChI=1S/C32H40ClN3O4S/c1-7-29(32(38)34-19-22(2)3)35(20-26-12-8-23(4)9-13-26)31(37)21-36(30-17-14-27(33)18-25(30)6)41(39,40)28-15-10-24(5)11-16-28/h8-18,22,29H,7,19-21H2,1-6H3,(H,34,38). The van der Waals surface area contributed by atoms with Gasteiger partial charge in [-0.25, -0.2) is 8.42 Å². The number of anilines is 1. The van der Waals surface area contributed by atoms with E-state index >= 15 is 0 Å². The molecule has 0 spiro atoms. The van der Waals surface area contributed by atoms with E-state index in [1.807, 2.05) is 58.9 Å². The molecule has 3 aromatic rings. The molecular weight excluding hydrogens is 558 g/mol. The van der Waals surface area contributed by atoms with Crippen molar-refractivity contribution in [3.05, 3.63) is 94.0 Å². The Balaban J connectivity index is 2.07. The van der Waals surface area contributed by atoms with Gasteiger partial charge in [-0.2, -0.15) is 0 Å². The first-order valence-corrected chi connectivity index (χ1v) is 15.6. The van der Waals surface area contributed by atoms with Crippen LogP contribution in [0.3, 0.4) is 0 Å². The minimum absolute atomic E-state index is 0.0667. The van der Waals surface area contributed by atoms with Gasteiger partial charge in [-0.3, -0.25) is 13.9 Å². The highest BCUT2D eigenvalue weighted by atomic mass is 35.5. The molecule has 0 saturated heterocycles. The lowest BCUT2D eigenvalue weighted by molar-refractivity contribution is -0.140. The number of hydrogen-bond donors (Lipinski definition) is 1. The average Bonchev–Trinajstić information content (AvgIpc) is 2.92. The summed E-state index contributed by atoms with van der Waals surface area (Å²) in [6.07, 6.45) is 0.367. The van der Waals surface area contributed by atoms with Gasteiger partial charge >= 0.3 is 0 Å². The van der Waals surface area contributed by atoms with Gasteiger partial charge < -0.3 is 10.2 Å². The maximum atomic E-state index is 14.2. The van der Waals surface area contributed by atoms with Crippen LogP contribution >= 0.6 is 11.6 Å². The van der Waals surface area contributed by atoms with Gasteiger partial charge in [0.2, 0.25) is 11.8 Å². The minimum atomic E-state index is -4.15. The Morgan fingerprint density at radius 2 is 1.49 bits per heavy atom. The molecule has 41 heavy (non-hydrogen) atoms. The van der Waals surface area contributed by atoms with Gasteiger partial charge in [-0.1, -0.05) is 79.9 Å². The van der Waals surface area contributed by atoms with Crippen LogP contribution in [0.15, 0.2) is 71.6 Å². The minimum Gasteiger partial charge on any atom is -0.354 e. The summed E-state index contributed by atoms with van der Waals surface area (Å²) in [5.41, 5.74) is 3.78. The molecule has 9 heteroatoms. The summed E-state index contributed by atoms with van der Waals surface area (Å²) in [4.78, 5) is 29.0. The maximum absolute atomic E-state index is 14.2. The SMILES string of the molecule is CCC(C(=O)NCC(C)C)N(Cc1ccc(C)cc1)C(=O)CN(c1ccc(Cl)cc1C)S(=O)(=O)c1ccc(C)cc1. The number of aryl methyl sites for hydroxylation is 3. The van der Waals surface area contributed by atoms with Gasteiger partial charge in [0.05, 0.1) is 10.6 Å². The third-order valence-corrected chi connectivity index (χ3v) is 8.87. The van der Waals surface area contributed by atoms with E-state index in [0.29, 0.717) is 29.2 Å². The fraction of sp³-hybridized carbons (Fsp3) is 0.375. The first-order valence-electron chi connectivity index (χ1n) is 13.8. The molecule has 2 amide bonds. The number of benzene rings is 3. The lowest BCUT2D eigenvalue weighted by atomic mass is 10.1. The van der Waals surface area contributed by atoms with Crippen LogP contribution in [-0.2, 0) is 26.2 Å². The lowest BCUT2D eigenvalue weighted by Gasteiger charge is -2.33. The van der Waals surface area contributed by atoms with Crippen LogP contribution in [0.1, 0.15) is 49.4 Å². The summed E-state index contributed by atoms with van der Waals surface area (Å²) in [7, 11) is -4.15. The van der Waals surface area contributed by atoms with Crippen molar-refractivity contribution in [3.63, 3.8) is 0 Å². The van der Waals surface area contributed by atoms with Crippen molar-refractivity contribution in [1.82, 2.24) is 10.2 Å². The molecule has 0 radical (unpaired) electrons. The Morgan fingerprint density at radius 3 is 2.02 bits per heavy atom. The molecule has 0 aliphatic carbocycles. The zero-order valence-corrected chi connectivity index (χ0v) is 26.2. The number of carbonyl (C=O) groups excluding carboxylic acids is 2. The summed E-state index contributed by atoms with van der Waals surface area (Å²) in [6, 6.07) is 18.3. The predicted octanol–water partition coefficient (Wildman–Crippen LogP) is 6.04. The van der Waals surface area contributed by atoms with Crippen molar-refractivity contribution in [2.24, 2.45) is 5.92 Å². The van der Waals surface area contributed by atoms with Crippen molar-refractivity contribution < 1.29 is 18.0 Å². The lowest BCUT2D eigenvalue weighted by Crippen LogP contribution is -2.52. The molecule has 1 N–H and O–H groups in total. The Bertz CT molecular complexity index is 1460. The second-order valence-corrected chi connectivity index (χ2v) is 13.1.